The van der Waals surface area contributed by atoms with E-state index in [2.05, 4.69) is 5.32 Å². The van der Waals surface area contributed by atoms with Crippen molar-refractivity contribution in [2.24, 2.45) is 0 Å². The number of nitrogens with zero attached hydrogens (tertiary/aromatic N) is 1. The summed E-state index contributed by atoms with van der Waals surface area (Å²) < 4.78 is 4.86. The van der Waals surface area contributed by atoms with Crippen LogP contribution in [-0.2, 0) is 19.1 Å². The summed E-state index contributed by atoms with van der Waals surface area (Å²) in [6.45, 7) is 2.04. The summed E-state index contributed by atoms with van der Waals surface area (Å²) in [4.78, 5) is 36.3. The van der Waals surface area contributed by atoms with Crippen molar-refractivity contribution in [1.29, 1.82) is 0 Å². The van der Waals surface area contributed by atoms with Gasteiger partial charge < -0.3 is 15.0 Å². The van der Waals surface area contributed by atoms with Crippen LogP contribution >= 0.6 is 0 Å². The summed E-state index contributed by atoms with van der Waals surface area (Å²) in [5, 5.41) is 2.64. The molecule has 2 aliphatic rings. The average molecular weight is 254 g/mol. The Morgan fingerprint density at radius 3 is 2.61 bits per heavy atom. The number of hydrogen-bond donors (Lipinski definition) is 1. The van der Waals surface area contributed by atoms with E-state index in [1.807, 2.05) is 0 Å². The van der Waals surface area contributed by atoms with Crippen LogP contribution in [0.1, 0.15) is 32.6 Å². The molecule has 1 aliphatic heterocycles. The number of rotatable bonds is 5. The van der Waals surface area contributed by atoms with Gasteiger partial charge >= 0.3 is 5.97 Å². The van der Waals surface area contributed by atoms with Crippen LogP contribution < -0.4 is 5.32 Å². The summed E-state index contributed by atoms with van der Waals surface area (Å²) in [6.07, 6.45) is 2.75. The molecular formula is C12H18N2O4. The van der Waals surface area contributed by atoms with Crippen LogP contribution in [0.25, 0.3) is 0 Å². The molecule has 1 saturated heterocycles. The number of amides is 2. The highest BCUT2D eigenvalue weighted by Gasteiger charge is 2.39. The molecule has 6 heteroatoms. The van der Waals surface area contributed by atoms with Gasteiger partial charge in [0.15, 0.2) is 0 Å². The van der Waals surface area contributed by atoms with Crippen molar-refractivity contribution in [1.82, 2.24) is 10.2 Å². The molecule has 1 unspecified atom stereocenters. The van der Waals surface area contributed by atoms with Gasteiger partial charge in [-0.15, -0.1) is 0 Å². The summed E-state index contributed by atoms with van der Waals surface area (Å²) in [7, 11) is 0. The monoisotopic (exact) mass is 254 g/mol. The Morgan fingerprint density at radius 2 is 2.11 bits per heavy atom. The first-order valence-electron chi connectivity index (χ1n) is 6.37. The van der Waals surface area contributed by atoms with Gasteiger partial charge in [0.1, 0.15) is 12.6 Å². The maximum Gasteiger partial charge on any atom is 0.325 e. The first-order valence-corrected chi connectivity index (χ1v) is 6.37. The van der Waals surface area contributed by atoms with Crippen LogP contribution in [0.5, 0.6) is 0 Å². The Morgan fingerprint density at radius 1 is 1.39 bits per heavy atom. The summed E-state index contributed by atoms with van der Waals surface area (Å²) in [6, 6.07) is -0.327. The van der Waals surface area contributed by atoms with Crippen molar-refractivity contribution < 1.29 is 19.1 Å². The molecule has 1 atom stereocenters. The normalized spacial score (nSPS) is 22.5. The molecule has 0 bridgehead atoms. The second-order valence-electron chi connectivity index (χ2n) is 4.66. The second-order valence-corrected chi connectivity index (χ2v) is 4.66. The van der Waals surface area contributed by atoms with E-state index in [9.17, 15) is 14.4 Å². The lowest BCUT2D eigenvalue weighted by atomic mass is 10.2. The minimum absolute atomic E-state index is 0.0102. The van der Waals surface area contributed by atoms with Crippen molar-refractivity contribution in [3.8, 4) is 0 Å². The zero-order valence-electron chi connectivity index (χ0n) is 10.5. The fourth-order valence-electron chi connectivity index (χ4n) is 2.12. The molecule has 2 fully saturated rings. The first-order chi connectivity index (χ1) is 8.61. The third kappa shape index (κ3) is 3.00. The lowest BCUT2D eigenvalue weighted by Crippen LogP contribution is -2.47. The summed E-state index contributed by atoms with van der Waals surface area (Å²) in [5.41, 5.74) is 0. The first kappa shape index (κ1) is 12.9. The van der Waals surface area contributed by atoms with Crippen molar-refractivity contribution >= 4 is 17.8 Å². The van der Waals surface area contributed by atoms with E-state index in [1.54, 1.807) is 11.8 Å². The van der Waals surface area contributed by atoms with Crippen LogP contribution in [-0.4, -0.2) is 47.9 Å². The Bertz CT molecular complexity index is 365. The largest absolute Gasteiger partial charge is 0.465 e. The average Bonchev–Trinajstić information content (AvgIpc) is 3.08. The summed E-state index contributed by atoms with van der Waals surface area (Å²) in [5.74, 6) is -0.640. The number of carbonyl (C=O) groups is 3. The third-order valence-electron chi connectivity index (χ3n) is 3.17. The number of carbonyl (C=O) groups excluding carboxylic acids is 3. The smallest absolute Gasteiger partial charge is 0.325 e. The topological polar surface area (TPSA) is 75.7 Å². The van der Waals surface area contributed by atoms with Crippen molar-refractivity contribution in [2.75, 3.05) is 13.2 Å². The lowest BCUT2D eigenvalue weighted by molar-refractivity contribution is -0.150. The van der Waals surface area contributed by atoms with Crippen molar-refractivity contribution in [3.05, 3.63) is 0 Å². The quantitative estimate of drug-likeness (QED) is 0.690. The fraction of sp³-hybridized carbons (Fsp3) is 0.750. The Balaban J connectivity index is 1.94. The van der Waals surface area contributed by atoms with E-state index >= 15 is 0 Å². The molecule has 6 nitrogen and oxygen atoms in total. The van der Waals surface area contributed by atoms with E-state index in [0.717, 1.165) is 12.8 Å². The van der Waals surface area contributed by atoms with Crippen LogP contribution in [0.15, 0.2) is 0 Å². The van der Waals surface area contributed by atoms with E-state index in [4.69, 9.17) is 4.74 Å². The number of hydrogen-bond acceptors (Lipinski definition) is 4. The van der Waals surface area contributed by atoms with E-state index in [1.165, 1.54) is 0 Å². The van der Waals surface area contributed by atoms with Gasteiger partial charge in [-0.3, -0.25) is 14.4 Å². The highest BCUT2D eigenvalue weighted by atomic mass is 16.5. The van der Waals surface area contributed by atoms with Crippen LogP contribution in [0.3, 0.4) is 0 Å². The molecular weight excluding hydrogens is 236 g/mol. The van der Waals surface area contributed by atoms with Gasteiger partial charge in [0.2, 0.25) is 11.8 Å². The van der Waals surface area contributed by atoms with Gasteiger partial charge in [0.25, 0.3) is 0 Å². The molecule has 1 saturated carbocycles. The highest BCUT2D eigenvalue weighted by Crippen LogP contribution is 2.28. The van der Waals surface area contributed by atoms with Gasteiger partial charge in [0.05, 0.1) is 6.61 Å². The predicted octanol–water partition coefficient (Wildman–Crippen LogP) is -0.181. The minimum Gasteiger partial charge on any atom is -0.465 e. The third-order valence-corrected chi connectivity index (χ3v) is 3.17. The number of esters is 1. The van der Waals surface area contributed by atoms with Crippen LogP contribution in [0, 0.1) is 0 Å². The molecule has 100 valence electrons. The SMILES string of the molecule is CCOC(=O)CN(C(=O)C1CCC(=O)N1)C1CC1. The van der Waals surface area contributed by atoms with Crippen LogP contribution in [0.2, 0.25) is 0 Å². The molecule has 0 aromatic heterocycles. The van der Waals surface area contributed by atoms with Crippen molar-refractivity contribution in [3.63, 3.8) is 0 Å². The second kappa shape index (κ2) is 5.37. The molecule has 1 heterocycles. The number of ether oxygens (including phenoxy) is 1. The van der Waals surface area contributed by atoms with Gasteiger partial charge in [0, 0.05) is 12.5 Å². The molecule has 1 N–H and O–H groups in total. The molecule has 0 radical (unpaired) electrons. The van der Waals surface area contributed by atoms with Gasteiger partial charge in [-0.2, -0.15) is 0 Å². The molecule has 0 spiro atoms. The summed E-state index contributed by atoms with van der Waals surface area (Å²) >= 11 is 0. The Labute approximate surface area is 106 Å². The lowest BCUT2D eigenvalue weighted by Gasteiger charge is -2.24. The molecule has 2 amide bonds. The fourth-order valence-corrected chi connectivity index (χ4v) is 2.12. The van der Waals surface area contributed by atoms with E-state index < -0.39 is 6.04 Å². The van der Waals surface area contributed by atoms with Gasteiger partial charge in [-0.25, -0.2) is 0 Å². The Hall–Kier alpha value is -1.59. The maximum absolute atomic E-state index is 12.2. The van der Waals surface area contributed by atoms with E-state index in [0.29, 0.717) is 19.4 Å². The standard InChI is InChI=1S/C12H18N2O4/c1-2-18-11(16)7-14(8-3-4-8)12(17)9-5-6-10(15)13-9/h8-9H,2-7H2,1H3,(H,13,15). The molecule has 0 aromatic carbocycles. The van der Waals surface area contributed by atoms with Crippen LogP contribution in [0.4, 0.5) is 0 Å². The minimum atomic E-state index is -0.465. The van der Waals surface area contributed by atoms with Crippen molar-refractivity contribution in [2.45, 2.75) is 44.7 Å². The number of nitrogens with one attached hydrogen (secondary N) is 1. The molecule has 18 heavy (non-hydrogen) atoms. The van der Waals surface area contributed by atoms with Gasteiger partial charge in [-0.1, -0.05) is 0 Å². The Kier molecular flexibility index (Phi) is 3.84. The zero-order chi connectivity index (χ0) is 13.1. The predicted molar refractivity (Wildman–Crippen MR) is 62.5 cm³/mol. The maximum atomic E-state index is 12.2. The molecule has 2 rings (SSSR count). The molecule has 1 aliphatic carbocycles. The van der Waals surface area contributed by atoms with Gasteiger partial charge in [-0.05, 0) is 26.2 Å². The highest BCUT2D eigenvalue weighted by molar-refractivity contribution is 5.92. The van der Waals surface area contributed by atoms with E-state index in [-0.39, 0.29) is 30.4 Å². The zero-order valence-corrected chi connectivity index (χ0v) is 10.5. The molecule has 0 aromatic rings.